The molecule has 0 saturated heterocycles. The summed E-state index contributed by atoms with van der Waals surface area (Å²) in [6.07, 6.45) is 0.557. The number of nitrogens with zero attached hydrogens (tertiary/aromatic N) is 1. The number of carbonyl (C=O) groups excluding carboxylic acids is 1. The summed E-state index contributed by atoms with van der Waals surface area (Å²) >= 11 is 6.35. The lowest BCUT2D eigenvalue weighted by Gasteiger charge is -2.23. The van der Waals surface area contributed by atoms with E-state index in [1.165, 1.54) is 11.3 Å². The van der Waals surface area contributed by atoms with E-state index >= 15 is 0 Å². The fourth-order valence-electron chi connectivity index (χ4n) is 1.35. The van der Waals surface area contributed by atoms with Crippen molar-refractivity contribution in [1.29, 1.82) is 0 Å². The van der Waals surface area contributed by atoms with Gasteiger partial charge < -0.3 is 10.6 Å². The van der Waals surface area contributed by atoms with E-state index in [2.05, 4.69) is 0 Å². The maximum absolute atomic E-state index is 12.0. The first kappa shape index (κ1) is 13.1. The molecule has 0 fully saturated rings. The van der Waals surface area contributed by atoms with Crippen LogP contribution in [0.3, 0.4) is 0 Å². The number of amides is 1. The van der Waals surface area contributed by atoms with Gasteiger partial charge in [0.2, 0.25) is 0 Å². The molecule has 3 nitrogen and oxygen atoms in total. The second-order valence-corrected chi connectivity index (χ2v) is 5.66. The van der Waals surface area contributed by atoms with Crippen LogP contribution in [0, 0.1) is 6.92 Å². The summed E-state index contributed by atoms with van der Waals surface area (Å²) in [5.74, 6) is 0.0295. The summed E-state index contributed by atoms with van der Waals surface area (Å²) in [6.45, 7) is 3.93. The monoisotopic (exact) mass is 256 g/mol. The van der Waals surface area contributed by atoms with Gasteiger partial charge in [0.1, 0.15) is 0 Å². The van der Waals surface area contributed by atoms with E-state index in [0.717, 1.165) is 9.75 Å². The molecule has 16 heavy (non-hydrogen) atoms. The molecule has 0 spiro atoms. The van der Waals surface area contributed by atoms with Crippen LogP contribution in [0.5, 0.6) is 0 Å². The zero-order valence-electron chi connectivity index (χ0n) is 9.69. The molecule has 0 aliphatic heterocycles. The molecule has 0 radical (unpaired) electrons. The molecule has 1 rings (SSSR count). The molecule has 0 aromatic carbocycles. The van der Waals surface area contributed by atoms with E-state index in [1.807, 2.05) is 26.0 Å². The maximum atomic E-state index is 12.0. The number of aryl methyl sites for hydroxylation is 1. The van der Waals surface area contributed by atoms with Gasteiger partial charge in [0.25, 0.3) is 5.91 Å². The van der Waals surface area contributed by atoms with Crippen molar-refractivity contribution in [1.82, 2.24) is 4.90 Å². The van der Waals surface area contributed by atoms with Crippen molar-refractivity contribution >= 4 is 34.5 Å². The Labute approximate surface area is 105 Å². The molecule has 1 atom stereocenters. The van der Waals surface area contributed by atoms with Crippen LogP contribution in [0.15, 0.2) is 12.1 Å². The van der Waals surface area contributed by atoms with Gasteiger partial charge in [0, 0.05) is 24.4 Å². The van der Waals surface area contributed by atoms with Crippen molar-refractivity contribution in [3.8, 4) is 0 Å². The van der Waals surface area contributed by atoms with Crippen LogP contribution < -0.4 is 5.73 Å². The first-order chi connectivity index (χ1) is 7.41. The average Bonchev–Trinajstić information content (AvgIpc) is 2.61. The summed E-state index contributed by atoms with van der Waals surface area (Å²) in [7, 11) is 1.78. The highest BCUT2D eigenvalue weighted by Gasteiger charge is 2.19. The van der Waals surface area contributed by atoms with E-state index in [9.17, 15) is 4.79 Å². The van der Waals surface area contributed by atoms with E-state index in [-0.39, 0.29) is 11.9 Å². The van der Waals surface area contributed by atoms with E-state index in [1.54, 1.807) is 11.9 Å². The zero-order chi connectivity index (χ0) is 12.3. The maximum Gasteiger partial charge on any atom is 0.263 e. The minimum atomic E-state index is 0.0295. The first-order valence-corrected chi connectivity index (χ1v) is 6.26. The Morgan fingerprint density at radius 3 is 2.69 bits per heavy atom. The minimum absolute atomic E-state index is 0.0295. The molecule has 2 N–H and O–H groups in total. The Hall–Kier alpha value is -0.940. The molecule has 0 aliphatic carbocycles. The van der Waals surface area contributed by atoms with Gasteiger partial charge in [-0.3, -0.25) is 4.79 Å². The summed E-state index contributed by atoms with van der Waals surface area (Å²) in [5, 5.41) is 0. The van der Waals surface area contributed by atoms with Gasteiger partial charge in [-0.05, 0) is 26.0 Å². The van der Waals surface area contributed by atoms with Gasteiger partial charge in [0.05, 0.1) is 9.87 Å². The number of hydrogen-bond acceptors (Lipinski definition) is 3. The van der Waals surface area contributed by atoms with Gasteiger partial charge in [-0.25, -0.2) is 0 Å². The Bertz CT molecular complexity index is 400. The summed E-state index contributed by atoms with van der Waals surface area (Å²) < 4.78 is 0. The Morgan fingerprint density at radius 1 is 1.62 bits per heavy atom. The van der Waals surface area contributed by atoms with Crippen molar-refractivity contribution in [3.05, 3.63) is 21.9 Å². The summed E-state index contributed by atoms with van der Waals surface area (Å²) in [4.78, 5) is 16.1. The Balaban J connectivity index is 2.70. The molecule has 1 amide bonds. The largest absolute Gasteiger partial charge is 0.393 e. The molecule has 1 aromatic rings. The normalized spacial score (nSPS) is 12.2. The van der Waals surface area contributed by atoms with Crippen LogP contribution in [-0.2, 0) is 0 Å². The van der Waals surface area contributed by atoms with Gasteiger partial charge in [0.15, 0.2) is 0 Å². The first-order valence-electron chi connectivity index (χ1n) is 5.03. The fourth-order valence-corrected chi connectivity index (χ4v) is 2.44. The van der Waals surface area contributed by atoms with Gasteiger partial charge in [-0.15, -0.1) is 11.3 Å². The van der Waals surface area contributed by atoms with Gasteiger partial charge >= 0.3 is 0 Å². The van der Waals surface area contributed by atoms with Crippen molar-refractivity contribution in [2.45, 2.75) is 26.3 Å². The third kappa shape index (κ3) is 3.28. The molecule has 5 heteroatoms. The minimum Gasteiger partial charge on any atom is -0.393 e. The standard InChI is InChI=1S/C11H16N2OS2/c1-7(6-10(12)15)13(3)11(14)9-5-4-8(2)16-9/h4-5,7H,6H2,1-3H3,(H2,12,15). The predicted molar refractivity (Wildman–Crippen MR) is 72.0 cm³/mol. The highest BCUT2D eigenvalue weighted by molar-refractivity contribution is 7.80. The average molecular weight is 256 g/mol. The van der Waals surface area contributed by atoms with Crippen molar-refractivity contribution in [2.75, 3.05) is 7.05 Å². The van der Waals surface area contributed by atoms with Crippen molar-refractivity contribution in [3.63, 3.8) is 0 Å². The number of hydrogen-bond donors (Lipinski definition) is 1. The molecule has 1 heterocycles. The highest BCUT2D eigenvalue weighted by atomic mass is 32.1. The van der Waals surface area contributed by atoms with Crippen LogP contribution in [0.2, 0.25) is 0 Å². The number of nitrogens with two attached hydrogens (primary N) is 1. The van der Waals surface area contributed by atoms with Gasteiger partial charge in [-0.2, -0.15) is 0 Å². The Kier molecular flexibility index (Phi) is 4.44. The second kappa shape index (κ2) is 5.41. The number of thiophene rings is 1. The fraction of sp³-hybridized carbons (Fsp3) is 0.455. The van der Waals surface area contributed by atoms with Crippen LogP contribution in [0.1, 0.15) is 27.9 Å². The molecular weight excluding hydrogens is 240 g/mol. The zero-order valence-corrected chi connectivity index (χ0v) is 11.3. The SMILES string of the molecule is Cc1ccc(C(=O)N(C)C(C)CC(N)=S)s1. The molecule has 88 valence electrons. The van der Waals surface area contributed by atoms with Crippen LogP contribution in [-0.4, -0.2) is 28.9 Å². The summed E-state index contributed by atoms with van der Waals surface area (Å²) in [6, 6.07) is 3.84. The molecule has 1 aromatic heterocycles. The topological polar surface area (TPSA) is 46.3 Å². The second-order valence-electron chi connectivity index (χ2n) is 3.85. The molecule has 1 unspecified atom stereocenters. The lowest BCUT2D eigenvalue weighted by atomic mass is 10.2. The van der Waals surface area contributed by atoms with Gasteiger partial charge in [-0.1, -0.05) is 12.2 Å². The van der Waals surface area contributed by atoms with Crippen LogP contribution >= 0.6 is 23.6 Å². The number of thiocarbonyl (C=S) groups is 1. The van der Waals surface area contributed by atoms with Crippen LogP contribution in [0.25, 0.3) is 0 Å². The van der Waals surface area contributed by atoms with Crippen molar-refractivity contribution < 1.29 is 4.79 Å². The molecule has 0 bridgehead atoms. The number of carbonyl (C=O) groups is 1. The van der Waals surface area contributed by atoms with Crippen LogP contribution in [0.4, 0.5) is 0 Å². The molecule has 0 saturated carbocycles. The molecule has 0 aliphatic rings. The third-order valence-electron chi connectivity index (χ3n) is 2.43. The van der Waals surface area contributed by atoms with E-state index in [0.29, 0.717) is 11.4 Å². The lowest BCUT2D eigenvalue weighted by Crippen LogP contribution is -2.37. The Morgan fingerprint density at radius 2 is 2.25 bits per heavy atom. The quantitative estimate of drug-likeness (QED) is 0.840. The highest BCUT2D eigenvalue weighted by Crippen LogP contribution is 2.18. The molecular formula is C11H16N2OS2. The van der Waals surface area contributed by atoms with E-state index < -0.39 is 0 Å². The lowest BCUT2D eigenvalue weighted by molar-refractivity contribution is 0.0753. The van der Waals surface area contributed by atoms with E-state index in [4.69, 9.17) is 18.0 Å². The third-order valence-corrected chi connectivity index (χ3v) is 3.58. The summed E-state index contributed by atoms with van der Waals surface area (Å²) in [5.41, 5.74) is 5.47. The smallest absolute Gasteiger partial charge is 0.263 e. The number of rotatable bonds is 4. The predicted octanol–water partition coefficient (Wildman–Crippen LogP) is 2.19. The van der Waals surface area contributed by atoms with Crippen molar-refractivity contribution in [2.24, 2.45) is 5.73 Å².